The molecule has 4 nitrogen and oxygen atoms in total. The highest BCUT2D eigenvalue weighted by atomic mass is 16.6. The van der Waals surface area contributed by atoms with E-state index >= 15 is 0 Å². The lowest BCUT2D eigenvalue weighted by atomic mass is 9.72. The topological polar surface area (TPSA) is 60.2 Å². The molecule has 1 aliphatic carbocycles. The van der Waals surface area contributed by atoms with Gasteiger partial charge in [0, 0.05) is 16.9 Å². The van der Waals surface area contributed by atoms with Crippen LogP contribution in [0.5, 0.6) is 0 Å². The Morgan fingerprint density at radius 1 is 1.04 bits per heavy atom. The van der Waals surface area contributed by atoms with Crippen molar-refractivity contribution in [3.05, 3.63) is 93.1 Å². The molecule has 0 heterocycles. The zero-order valence-electron chi connectivity index (χ0n) is 16.7. The van der Waals surface area contributed by atoms with Crippen LogP contribution in [-0.4, -0.2) is 10.7 Å². The lowest BCUT2D eigenvalue weighted by Gasteiger charge is -2.31. The first-order chi connectivity index (χ1) is 13.3. The number of allylic oxidation sites excluding steroid dienone is 2. The van der Waals surface area contributed by atoms with Crippen molar-refractivity contribution in [1.82, 2.24) is 0 Å². The third kappa shape index (κ3) is 4.56. The van der Waals surface area contributed by atoms with Gasteiger partial charge in [0.05, 0.1) is 5.92 Å². The first kappa shape index (κ1) is 20.0. The minimum atomic E-state index is -0.857. The van der Waals surface area contributed by atoms with Gasteiger partial charge in [-0.25, -0.2) is 0 Å². The molecule has 0 amide bonds. The summed E-state index contributed by atoms with van der Waals surface area (Å²) >= 11 is 0. The van der Waals surface area contributed by atoms with Gasteiger partial charge >= 0.3 is 0 Å². The van der Waals surface area contributed by atoms with Crippen LogP contribution in [0.1, 0.15) is 61.8 Å². The van der Waals surface area contributed by atoms with Crippen LogP contribution in [0.4, 0.5) is 0 Å². The molecule has 0 spiro atoms. The summed E-state index contributed by atoms with van der Waals surface area (Å²) in [7, 11) is 0. The monoisotopic (exact) mass is 377 g/mol. The Morgan fingerprint density at radius 3 is 2.29 bits per heavy atom. The Hall–Kier alpha value is -2.75. The van der Waals surface area contributed by atoms with Gasteiger partial charge in [-0.2, -0.15) is 0 Å². The summed E-state index contributed by atoms with van der Waals surface area (Å²) in [6.07, 6.45) is 3.55. The minimum absolute atomic E-state index is 0.102. The highest BCUT2D eigenvalue weighted by Crippen LogP contribution is 2.43. The van der Waals surface area contributed by atoms with Gasteiger partial charge in [-0.1, -0.05) is 74.0 Å². The van der Waals surface area contributed by atoms with E-state index in [2.05, 4.69) is 13.8 Å². The van der Waals surface area contributed by atoms with E-state index in [4.69, 9.17) is 0 Å². The fourth-order valence-corrected chi connectivity index (χ4v) is 4.40. The van der Waals surface area contributed by atoms with Crippen molar-refractivity contribution in [3.8, 4) is 0 Å². The van der Waals surface area contributed by atoms with Crippen LogP contribution >= 0.6 is 0 Å². The first-order valence-corrected chi connectivity index (χ1v) is 9.73. The number of hydrogen-bond acceptors (Lipinski definition) is 3. The fourth-order valence-electron chi connectivity index (χ4n) is 4.40. The number of ketones is 1. The smallest absolute Gasteiger partial charge is 0.245 e. The van der Waals surface area contributed by atoms with E-state index in [0.717, 1.165) is 28.7 Å². The van der Waals surface area contributed by atoms with Crippen LogP contribution in [0.2, 0.25) is 0 Å². The Balaban J connectivity index is 2.05. The van der Waals surface area contributed by atoms with Crippen molar-refractivity contribution in [2.45, 2.75) is 52.0 Å². The van der Waals surface area contributed by atoms with E-state index in [9.17, 15) is 14.9 Å². The zero-order chi connectivity index (χ0) is 20.3. The van der Waals surface area contributed by atoms with Crippen LogP contribution in [0.15, 0.2) is 66.2 Å². The lowest BCUT2D eigenvalue weighted by molar-refractivity contribution is -0.533. The van der Waals surface area contributed by atoms with Crippen LogP contribution in [0, 0.1) is 22.5 Å². The molecule has 0 aromatic heterocycles. The van der Waals surface area contributed by atoms with Gasteiger partial charge in [0.15, 0.2) is 5.78 Å². The number of nitro groups is 1. The summed E-state index contributed by atoms with van der Waals surface area (Å²) < 4.78 is 0. The molecule has 0 saturated carbocycles. The predicted molar refractivity (Wildman–Crippen MR) is 111 cm³/mol. The molecule has 2 aromatic rings. The van der Waals surface area contributed by atoms with Crippen LogP contribution in [-0.2, 0) is 4.79 Å². The predicted octanol–water partition coefficient (Wildman–Crippen LogP) is 5.80. The second kappa shape index (κ2) is 8.09. The Bertz CT molecular complexity index is 899. The maximum Gasteiger partial charge on any atom is 0.245 e. The van der Waals surface area contributed by atoms with Crippen molar-refractivity contribution in [1.29, 1.82) is 0 Å². The highest BCUT2D eigenvalue weighted by Gasteiger charge is 2.37. The SMILES string of the molecule is Cc1ccccc1[C@@H]([C@H](CC1=CC(=O)CC(C)(C)C1)c1ccccc1)[N+](=O)[O-]. The Kier molecular flexibility index (Phi) is 5.78. The molecule has 146 valence electrons. The van der Waals surface area contributed by atoms with Crippen LogP contribution in [0.3, 0.4) is 0 Å². The van der Waals surface area contributed by atoms with Gasteiger partial charge in [-0.15, -0.1) is 0 Å². The van der Waals surface area contributed by atoms with Crippen molar-refractivity contribution < 1.29 is 9.72 Å². The summed E-state index contributed by atoms with van der Waals surface area (Å²) in [5.41, 5.74) is 3.50. The molecular formula is C24H27NO3. The Labute approximate surface area is 166 Å². The normalized spacial score (nSPS) is 18.2. The van der Waals surface area contributed by atoms with Crippen molar-refractivity contribution in [2.75, 3.05) is 0 Å². The maximum atomic E-state index is 12.2. The number of aryl methyl sites for hydroxylation is 1. The average Bonchev–Trinajstić information content (AvgIpc) is 2.61. The average molecular weight is 377 g/mol. The van der Waals surface area contributed by atoms with E-state index in [1.165, 1.54) is 0 Å². The van der Waals surface area contributed by atoms with Crippen molar-refractivity contribution in [3.63, 3.8) is 0 Å². The molecular weight excluding hydrogens is 350 g/mol. The van der Waals surface area contributed by atoms with E-state index in [-0.39, 0.29) is 22.0 Å². The highest BCUT2D eigenvalue weighted by molar-refractivity contribution is 5.91. The number of rotatable bonds is 6. The summed E-state index contributed by atoms with van der Waals surface area (Å²) in [6.45, 7) is 6.09. The second-order valence-corrected chi connectivity index (χ2v) is 8.59. The molecule has 0 fully saturated rings. The third-order valence-corrected chi connectivity index (χ3v) is 5.55. The fraction of sp³-hybridized carbons (Fsp3) is 0.375. The van der Waals surface area contributed by atoms with Crippen LogP contribution in [0.25, 0.3) is 0 Å². The van der Waals surface area contributed by atoms with Crippen LogP contribution < -0.4 is 0 Å². The molecule has 0 saturated heterocycles. The van der Waals surface area contributed by atoms with Gasteiger partial charge in [0.2, 0.25) is 6.04 Å². The van der Waals surface area contributed by atoms with Gasteiger partial charge < -0.3 is 0 Å². The molecule has 1 aliphatic rings. The number of benzene rings is 2. The summed E-state index contributed by atoms with van der Waals surface area (Å²) in [6, 6.07) is 16.3. The number of hydrogen-bond donors (Lipinski definition) is 0. The van der Waals surface area contributed by atoms with E-state index < -0.39 is 6.04 Å². The second-order valence-electron chi connectivity index (χ2n) is 8.59. The van der Waals surface area contributed by atoms with Gasteiger partial charge in [0.25, 0.3) is 0 Å². The number of carbonyl (C=O) groups excluding carboxylic acids is 1. The van der Waals surface area contributed by atoms with Gasteiger partial charge in [-0.05, 0) is 42.4 Å². The summed E-state index contributed by atoms with van der Waals surface area (Å²) in [5.74, 6) is -0.211. The molecule has 28 heavy (non-hydrogen) atoms. The molecule has 3 rings (SSSR count). The molecule has 0 radical (unpaired) electrons. The molecule has 0 unspecified atom stereocenters. The first-order valence-electron chi connectivity index (χ1n) is 9.73. The minimum Gasteiger partial charge on any atom is -0.295 e. The molecule has 0 bridgehead atoms. The molecule has 0 N–H and O–H groups in total. The van der Waals surface area contributed by atoms with E-state index in [0.29, 0.717) is 12.8 Å². The van der Waals surface area contributed by atoms with Crippen molar-refractivity contribution >= 4 is 5.78 Å². The van der Waals surface area contributed by atoms with E-state index in [1.54, 1.807) is 6.08 Å². The number of nitrogens with zero attached hydrogens (tertiary/aromatic N) is 1. The standard InChI is InChI=1S/C24H27NO3/c1-17-9-7-8-12-21(17)23(25(27)28)22(19-10-5-4-6-11-19)14-18-13-20(26)16-24(2,3)15-18/h4-13,22-23H,14-16H2,1-3H3/t22-,23+/m1/s1. The van der Waals surface area contributed by atoms with Gasteiger partial charge in [0.1, 0.15) is 0 Å². The van der Waals surface area contributed by atoms with Gasteiger partial charge in [-0.3, -0.25) is 14.9 Å². The largest absolute Gasteiger partial charge is 0.295 e. The summed E-state index contributed by atoms with van der Waals surface area (Å²) in [4.78, 5) is 24.3. The molecule has 2 atom stereocenters. The maximum absolute atomic E-state index is 12.2. The quantitative estimate of drug-likeness (QED) is 0.472. The summed E-state index contributed by atoms with van der Waals surface area (Å²) in [5, 5.41) is 12.2. The van der Waals surface area contributed by atoms with Crippen molar-refractivity contribution in [2.24, 2.45) is 5.41 Å². The zero-order valence-corrected chi connectivity index (χ0v) is 16.7. The third-order valence-electron chi connectivity index (χ3n) is 5.55. The lowest BCUT2D eigenvalue weighted by Crippen LogP contribution is -2.25. The van der Waals surface area contributed by atoms with E-state index in [1.807, 2.05) is 61.5 Å². The molecule has 2 aromatic carbocycles. The molecule has 0 aliphatic heterocycles. The number of carbonyl (C=O) groups is 1. The molecule has 4 heteroatoms. The Morgan fingerprint density at radius 2 is 1.68 bits per heavy atom.